The average molecular weight is 405 g/mol. The minimum atomic E-state index is -1.42. The molecule has 154 valence electrons. The molecule has 0 bridgehead atoms. The summed E-state index contributed by atoms with van der Waals surface area (Å²) in [5, 5.41) is 18.6. The van der Waals surface area contributed by atoms with E-state index in [2.05, 4.69) is 24.3 Å². The number of aliphatic hydroxyl groups is 1. The first-order chi connectivity index (χ1) is 14.6. The molecular formula is C24H23NO5. The lowest BCUT2D eigenvalue weighted by molar-refractivity contribution is -0.139. The summed E-state index contributed by atoms with van der Waals surface area (Å²) in [6, 6.07) is 24.4. The molecule has 4 rings (SSSR count). The Hall–Kier alpha value is -3.64. The zero-order valence-electron chi connectivity index (χ0n) is 16.3. The van der Waals surface area contributed by atoms with E-state index in [-0.39, 0.29) is 6.61 Å². The highest BCUT2D eigenvalue weighted by molar-refractivity contribution is 5.95. The number of para-hydroxylation sites is 1. The Labute approximate surface area is 175 Å². The number of benzene rings is 3. The van der Waals surface area contributed by atoms with E-state index in [0.29, 0.717) is 5.69 Å². The largest absolute Gasteiger partial charge is 0.480 e. The number of carboxylic acid groups (broad SMARTS) is 1. The second-order valence-corrected chi connectivity index (χ2v) is 6.73. The monoisotopic (exact) mass is 405 g/mol. The third kappa shape index (κ3) is 5.68. The first kappa shape index (κ1) is 21.1. The number of carboxylic acids is 1. The molecule has 0 fully saturated rings. The van der Waals surface area contributed by atoms with Crippen LogP contribution in [-0.2, 0) is 22.6 Å². The molecule has 1 aliphatic rings. The Morgan fingerprint density at radius 1 is 0.867 bits per heavy atom. The highest BCUT2D eigenvalue weighted by Crippen LogP contribution is 2.25. The Kier molecular flexibility index (Phi) is 7.19. The Balaban J connectivity index is 0.000000302. The normalized spacial score (nSPS) is 11.9. The lowest BCUT2D eigenvalue weighted by atomic mass is 10.2. The van der Waals surface area contributed by atoms with Gasteiger partial charge in [0.05, 0.1) is 6.61 Å². The number of carbonyl (C=O) groups excluding carboxylic acids is 1. The molecule has 1 atom stereocenters. The molecule has 30 heavy (non-hydrogen) atoms. The van der Waals surface area contributed by atoms with E-state index in [0.717, 1.165) is 10.5 Å². The summed E-state index contributed by atoms with van der Waals surface area (Å²) < 4.78 is 5.19. The van der Waals surface area contributed by atoms with Gasteiger partial charge in [-0.3, -0.25) is 4.90 Å². The number of anilines is 1. The van der Waals surface area contributed by atoms with Crippen molar-refractivity contribution in [3.63, 3.8) is 0 Å². The average Bonchev–Trinajstić information content (AvgIpc) is 3.57. The summed E-state index contributed by atoms with van der Waals surface area (Å²) in [5.41, 5.74) is 4.18. The predicted octanol–water partition coefficient (Wildman–Crippen LogP) is 3.87. The van der Waals surface area contributed by atoms with Crippen LogP contribution >= 0.6 is 0 Å². The first-order valence-electron chi connectivity index (χ1n) is 9.55. The van der Waals surface area contributed by atoms with Crippen molar-refractivity contribution in [2.75, 3.05) is 11.5 Å². The van der Waals surface area contributed by atoms with Crippen LogP contribution in [0.4, 0.5) is 10.5 Å². The van der Waals surface area contributed by atoms with Crippen molar-refractivity contribution in [2.45, 2.75) is 19.1 Å². The zero-order chi connectivity index (χ0) is 21.3. The van der Waals surface area contributed by atoms with E-state index in [1.54, 1.807) is 42.5 Å². The number of ether oxygens (including phenoxy) is 1. The summed E-state index contributed by atoms with van der Waals surface area (Å²) in [5.74, 6) is -1.31. The SMILES string of the molecule is O=C(O)[C@@H](CO)N(C(=O)OCc1ccccc1)c1ccccc1.c1ccc2c(c1)C2. The van der Waals surface area contributed by atoms with Crippen LogP contribution in [0.2, 0.25) is 0 Å². The molecule has 0 aromatic heterocycles. The molecule has 0 heterocycles. The number of carbonyl (C=O) groups is 2. The molecule has 1 aliphatic carbocycles. The molecule has 6 nitrogen and oxygen atoms in total. The highest BCUT2D eigenvalue weighted by atomic mass is 16.6. The molecule has 6 heteroatoms. The fourth-order valence-corrected chi connectivity index (χ4v) is 2.90. The molecule has 3 aromatic rings. The van der Waals surface area contributed by atoms with E-state index in [4.69, 9.17) is 4.74 Å². The Morgan fingerprint density at radius 3 is 1.90 bits per heavy atom. The number of aliphatic carboxylic acids is 1. The van der Waals surface area contributed by atoms with Crippen LogP contribution in [0.15, 0.2) is 84.9 Å². The highest BCUT2D eigenvalue weighted by Gasteiger charge is 2.31. The summed E-state index contributed by atoms with van der Waals surface area (Å²) in [7, 11) is 0. The maximum Gasteiger partial charge on any atom is 0.415 e. The van der Waals surface area contributed by atoms with Gasteiger partial charge in [0.15, 0.2) is 6.04 Å². The third-order valence-electron chi connectivity index (χ3n) is 4.58. The van der Waals surface area contributed by atoms with Gasteiger partial charge in [-0.2, -0.15) is 0 Å². The number of amides is 1. The lowest BCUT2D eigenvalue weighted by Gasteiger charge is -2.27. The van der Waals surface area contributed by atoms with Gasteiger partial charge in [0.2, 0.25) is 0 Å². The van der Waals surface area contributed by atoms with Crippen molar-refractivity contribution in [2.24, 2.45) is 0 Å². The number of aliphatic hydroxyl groups excluding tert-OH is 1. The maximum absolute atomic E-state index is 12.4. The quantitative estimate of drug-likeness (QED) is 0.509. The second kappa shape index (κ2) is 10.2. The van der Waals surface area contributed by atoms with Gasteiger partial charge in [0, 0.05) is 5.69 Å². The van der Waals surface area contributed by atoms with Gasteiger partial charge in [-0.15, -0.1) is 0 Å². The van der Waals surface area contributed by atoms with E-state index in [9.17, 15) is 19.8 Å². The van der Waals surface area contributed by atoms with E-state index < -0.39 is 24.7 Å². The van der Waals surface area contributed by atoms with Gasteiger partial charge in [-0.1, -0.05) is 72.8 Å². The van der Waals surface area contributed by atoms with Gasteiger partial charge in [-0.25, -0.2) is 9.59 Å². The van der Waals surface area contributed by atoms with Crippen LogP contribution in [0.5, 0.6) is 0 Å². The van der Waals surface area contributed by atoms with Crippen molar-refractivity contribution in [1.29, 1.82) is 0 Å². The van der Waals surface area contributed by atoms with Crippen molar-refractivity contribution >= 4 is 17.7 Å². The van der Waals surface area contributed by atoms with Gasteiger partial charge in [0.1, 0.15) is 6.61 Å². The van der Waals surface area contributed by atoms with Crippen LogP contribution in [0, 0.1) is 0 Å². The summed E-state index contributed by atoms with van der Waals surface area (Å²) >= 11 is 0. The third-order valence-corrected chi connectivity index (χ3v) is 4.58. The number of hydrogen-bond donors (Lipinski definition) is 2. The molecule has 2 N–H and O–H groups in total. The number of nitrogens with zero attached hydrogens (tertiary/aromatic N) is 1. The van der Waals surface area contributed by atoms with E-state index >= 15 is 0 Å². The zero-order valence-corrected chi connectivity index (χ0v) is 16.3. The topological polar surface area (TPSA) is 87.1 Å². The van der Waals surface area contributed by atoms with Crippen LogP contribution < -0.4 is 4.90 Å². The van der Waals surface area contributed by atoms with Crippen LogP contribution in [-0.4, -0.2) is 34.9 Å². The molecule has 0 aliphatic heterocycles. The van der Waals surface area contributed by atoms with Gasteiger partial charge in [0.25, 0.3) is 0 Å². The molecule has 0 saturated heterocycles. The maximum atomic E-state index is 12.4. The predicted molar refractivity (Wildman–Crippen MR) is 113 cm³/mol. The molecule has 0 unspecified atom stereocenters. The fraction of sp³-hybridized carbons (Fsp3) is 0.167. The molecule has 3 aromatic carbocycles. The van der Waals surface area contributed by atoms with Crippen LogP contribution in [0.3, 0.4) is 0 Å². The minimum Gasteiger partial charge on any atom is -0.480 e. The Morgan fingerprint density at radius 2 is 1.40 bits per heavy atom. The summed E-state index contributed by atoms with van der Waals surface area (Å²) in [6.45, 7) is -0.703. The lowest BCUT2D eigenvalue weighted by Crippen LogP contribution is -2.47. The van der Waals surface area contributed by atoms with Crippen LogP contribution in [0.1, 0.15) is 16.7 Å². The molecule has 0 radical (unpaired) electrons. The van der Waals surface area contributed by atoms with Gasteiger partial charge >= 0.3 is 12.1 Å². The van der Waals surface area contributed by atoms with Crippen molar-refractivity contribution in [3.05, 3.63) is 102 Å². The smallest absolute Gasteiger partial charge is 0.415 e. The van der Waals surface area contributed by atoms with Crippen molar-refractivity contribution in [1.82, 2.24) is 0 Å². The minimum absolute atomic E-state index is 0.0147. The Bertz CT molecular complexity index is 954. The van der Waals surface area contributed by atoms with E-state index in [1.165, 1.54) is 17.5 Å². The number of rotatable bonds is 6. The second-order valence-electron chi connectivity index (χ2n) is 6.73. The molecule has 0 saturated carbocycles. The summed E-state index contributed by atoms with van der Waals surface area (Å²) in [4.78, 5) is 24.6. The van der Waals surface area contributed by atoms with Gasteiger partial charge < -0.3 is 14.9 Å². The molecular weight excluding hydrogens is 382 g/mol. The fourth-order valence-electron chi connectivity index (χ4n) is 2.90. The number of hydrogen-bond acceptors (Lipinski definition) is 4. The van der Waals surface area contributed by atoms with E-state index in [1.807, 2.05) is 18.2 Å². The van der Waals surface area contributed by atoms with Crippen LogP contribution in [0.25, 0.3) is 0 Å². The molecule has 0 spiro atoms. The standard InChI is InChI=1S/C17H17NO5.C7H6/c19-11-15(16(20)21)18(14-9-5-2-6-10-14)17(22)23-12-13-7-3-1-4-8-13;1-2-4-7-5-6(7)3-1/h1-10,15,19H,11-12H2,(H,20,21);1-4H,5H2/t15-;/m1./s1. The summed E-state index contributed by atoms with van der Waals surface area (Å²) in [6.07, 6.45) is 0.411. The van der Waals surface area contributed by atoms with Crippen molar-refractivity contribution < 1.29 is 24.5 Å². The first-order valence-corrected chi connectivity index (χ1v) is 9.55. The van der Waals surface area contributed by atoms with Gasteiger partial charge in [-0.05, 0) is 35.2 Å². The number of fused-ring (bicyclic) bond motifs is 1. The van der Waals surface area contributed by atoms with Crippen molar-refractivity contribution in [3.8, 4) is 0 Å². The molecule has 1 amide bonds.